The van der Waals surface area contributed by atoms with E-state index >= 15 is 0 Å². The van der Waals surface area contributed by atoms with Gasteiger partial charge in [-0.05, 0) is 38.3 Å². The number of carbonyl (C=O) groups is 1. The van der Waals surface area contributed by atoms with Gasteiger partial charge in [0.05, 0.1) is 17.3 Å². The number of hydrogen-bond acceptors (Lipinski definition) is 6. The molecule has 0 spiro atoms. The molecule has 28 heavy (non-hydrogen) atoms. The normalized spacial score (nSPS) is 13.4. The fraction of sp³-hybridized carbons (Fsp3) is 0.474. The third-order valence-corrected chi connectivity index (χ3v) is 5.14. The van der Waals surface area contributed by atoms with E-state index in [0.717, 1.165) is 34.6 Å². The fourth-order valence-electron chi connectivity index (χ4n) is 3.64. The summed E-state index contributed by atoms with van der Waals surface area (Å²) in [6.45, 7) is 5.95. The average molecular weight is 383 g/mol. The van der Waals surface area contributed by atoms with Gasteiger partial charge in [0.2, 0.25) is 0 Å². The van der Waals surface area contributed by atoms with Crippen LogP contribution in [0.3, 0.4) is 0 Å². The second-order valence-electron chi connectivity index (χ2n) is 7.04. The lowest BCUT2D eigenvalue weighted by Crippen LogP contribution is -2.25. The van der Waals surface area contributed by atoms with Crippen LogP contribution in [0.4, 0.5) is 0 Å². The number of rotatable bonds is 8. The van der Waals surface area contributed by atoms with Crippen molar-refractivity contribution in [1.82, 2.24) is 35.4 Å². The Morgan fingerprint density at radius 1 is 1.32 bits per heavy atom. The van der Waals surface area contributed by atoms with E-state index in [-0.39, 0.29) is 5.92 Å². The van der Waals surface area contributed by atoms with E-state index in [1.165, 1.54) is 0 Å². The molecule has 2 unspecified atom stereocenters. The molecule has 0 aliphatic carbocycles. The van der Waals surface area contributed by atoms with Crippen LogP contribution < -0.4 is 0 Å². The van der Waals surface area contributed by atoms with Crippen LogP contribution in [0, 0.1) is 19.8 Å². The molecule has 3 rings (SSSR count). The number of aliphatic carboxylic acids is 1. The Morgan fingerprint density at radius 2 is 2.11 bits per heavy atom. The standard InChI is InChI=1S/C19H25N7O2/c1-5-6-14(19(27)28)15(18-21-24-25-22-18)9-13-7-8-16(20-10-13)17-11(2)23-26(4)12(17)3/h7-8,10,14-15H,5-6,9H2,1-4H3,(H,27,28)(H,21,22,24,25). The van der Waals surface area contributed by atoms with E-state index in [1.807, 2.05) is 44.6 Å². The summed E-state index contributed by atoms with van der Waals surface area (Å²) in [4.78, 5) is 16.4. The van der Waals surface area contributed by atoms with Crippen molar-refractivity contribution in [2.24, 2.45) is 13.0 Å². The lowest BCUT2D eigenvalue weighted by atomic mass is 9.83. The number of hydrogen-bond donors (Lipinski definition) is 2. The molecule has 9 nitrogen and oxygen atoms in total. The van der Waals surface area contributed by atoms with Gasteiger partial charge in [-0.15, -0.1) is 10.2 Å². The molecule has 0 aliphatic heterocycles. The predicted octanol–water partition coefficient (Wildman–Crippen LogP) is 2.44. The summed E-state index contributed by atoms with van der Waals surface area (Å²) in [6, 6.07) is 3.93. The van der Waals surface area contributed by atoms with Gasteiger partial charge in [0.1, 0.15) is 0 Å². The molecule has 9 heteroatoms. The van der Waals surface area contributed by atoms with Crippen molar-refractivity contribution in [2.45, 2.75) is 46.0 Å². The quantitative estimate of drug-likeness (QED) is 0.612. The Morgan fingerprint density at radius 3 is 2.61 bits per heavy atom. The number of aromatic amines is 1. The largest absolute Gasteiger partial charge is 0.481 e. The van der Waals surface area contributed by atoms with E-state index in [1.54, 1.807) is 6.20 Å². The summed E-state index contributed by atoms with van der Waals surface area (Å²) in [7, 11) is 1.91. The molecule has 2 N–H and O–H groups in total. The van der Waals surface area contributed by atoms with Gasteiger partial charge in [0, 0.05) is 30.4 Å². The van der Waals surface area contributed by atoms with Crippen molar-refractivity contribution in [2.75, 3.05) is 0 Å². The SMILES string of the molecule is CCCC(C(=O)O)C(Cc1ccc(-c2c(C)nn(C)c2C)nc1)c1nn[nH]n1. The summed E-state index contributed by atoms with van der Waals surface area (Å²) < 4.78 is 1.84. The highest BCUT2D eigenvalue weighted by Gasteiger charge is 2.32. The zero-order valence-electron chi connectivity index (χ0n) is 16.5. The van der Waals surface area contributed by atoms with Gasteiger partial charge in [-0.25, -0.2) is 0 Å². The molecule has 0 aromatic carbocycles. The highest BCUT2D eigenvalue weighted by molar-refractivity contribution is 5.71. The number of aromatic nitrogens is 7. The van der Waals surface area contributed by atoms with Gasteiger partial charge in [-0.1, -0.05) is 24.6 Å². The molecule has 0 saturated carbocycles. The van der Waals surface area contributed by atoms with Crippen LogP contribution >= 0.6 is 0 Å². The molecular formula is C19H25N7O2. The molecule has 3 aromatic rings. The number of H-pyrrole nitrogens is 1. The van der Waals surface area contributed by atoms with Crippen LogP contribution in [0.5, 0.6) is 0 Å². The van der Waals surface area contributed by atoms with Gasteiger partial charge >= 0.3 is 5.97 Å². The van der Waals surface area contributed by atoms with Crippen molar-refractivity contribution < 1.29 is 9.90 Å². The zero-order valence-corrected chi connectivity index (χ0v) is 16.5. The van der Waals surface area contributed by atoms with E-state index < -0.39 is 11.9 Å². The minimum absolute atomic E-state index is 0.370. The molecule has 148 valence electrons. The first-order valence-electron chi connectivity index (χ1n) is 9.34. The number of carboxylic acid groups (broad SMARTS) is 1. The van der Waals surface area contributed by atoms with E-state index in [4.69, 9.17) is 0 Å². The Labute approximate surface area is 163 Å². The minimum Gasteiger partial charge on any atom is -0.481 e. The van der Waals surface area contributed by atoms with Gasteiger partial charge in [0.25, 0.3) is 0 Å². The smallest absolute Gasteiger partial charge is 0.307 e. The maximum atomic E-state index is 11.8. The van der Waals surface area contributed by atoms with Crippen molar-refractivity contribution in [1.29, 1.82) is 0 Å². The molecule has 3 heterocycles. The summed E-state index contributed by atoms with van der Waals surface area (Å²) in [5.74, 6) is -1.37. The topological polar surface area (TPSA) is 122 Å². The van der Waals surface area contributed by atoms with Gasteiger partial charge < -0.3 is 5.11 Å². The maximum Gasteiger partial charge on any atom is 0.307 e. The molecule has 0 amide bonds. The van der Waals surface area contributed by atoms with Gasteiger partial charge in [-0.3, -0.25) is 14.5 Å². The molecule has 0 aliphatic rings. The molecule has 3 aromatic heterocycles. The third-order valence-electron chi connectivity index (χ3n) is 5.14. The summed E-state index contributed by atoms with van der Waals surface area (Å²) in [5.41, 5.74) is 4.79. The Balaban J connectivity index is 1.88. The second-order valence-corrected chi connectivity index (χ2v) is 7.04. The summed E-state index contributed by atoms with van der Waals surface area (Å²) >= 11 is 0. The van der Waals surface area contributed by atoms with Crippen molar-refractivity contribution in [3.05, 3.63) is 41.1 Å². The molecule has 2 atom stereocenters. The fourth-order valence-corrected chi connectivity index (χ4v) is 3.64. The van der Waals surface area contributed by atoms with E-state index in [9.17, 15) is 9.90 Å². The van der Waals surface area contributed by atoms with Crippen LogP contribution in [-0.2, 0) is 18.3 Å². The lowest BCUT2D eigenvalue weighted by Gasteiger charge is -2.21. The van der Waals surface area contributed by atoms with Crippen LogP contribution in [-0.4, -0.2) is 46.5 Å². The Kier molecular flexibility index (Phi) is 5.81. The van der Waals surface area contributed by atoms with E-state index in [2.05, 4.69) is 30.7 Å². The number of nitrogens with one attached hydrogen (secondary N) is 1. The first-order chi connectivity index (χ1) is 13.4. The lowest BCUT2D eigenvalue weighted by molar-refractivity contribution is -0.142. The Hall–Kier alpha value is -3.10. The summed E-state index contributed by atoms with van der Waals surface area (Å²) in [5, 5.41) is 28.3. The van der Waals surface area contributed by atoms with Crippen LogP contribution in [0.2, 0.25) is 0 Å². The van der Waals surface area contributed by atoms with E-state index in [0.29, 0.717) is 18.7 Å². The average Bonchev–Trinajstić information content (AvgIpc) is 3.27. The minimum atomic E-state index is -0.845. The van der Waals surface area contributed by atoms with Crippen LogP contribution in [0.25, 0.3) is 11.3 Å². The molecular weight excluding hydrogens is 358 g/mol. The predicted molar refractivity (Wildman–Crippen MR) is 103 cm³/mol. The zero-order chi connectivity index (χ0) is 20.3. The van der Waals surface area contributed by atoms with Crippen LogP contribution in [0.1, 0.15) is 48.5 Å². The Bertz CT molecular complexity index is 932. The number of nitrogens with zero attached hydrogens (tertiary/aromatic N) is 6. The van der Waals surface area contributed by atoms with Crippen molar-refractivity contribution in [3.63, 3.8) is 0 Å². The third kappa shape index (κ3) is 3.92. The first-order valence-corrected chi connectivity index (χ1v) is 9.34. The van der Waals surface area contributed by atoms with Crippen molar-refractivity contribution in [3.8, 4) is 11.3 Å². The highest BCUT2D eigenvalue weighted by atomic mass is 16.4. The van der Waals surface area contributed by atoms with Gasteiger partial charge in [-0.2, -0.15) is 10.3 Å². The first kappa shape index (κ1) is 19.7. The number of aryl methyl sites for hydroxylation is 2. The molecule has 0 bridgehead atoms. The second kappa shape index (κ2) is 8.28. The maximum absolute atomic E-state index is 11.8. The molecule has 0 radical (unpaired) electrons. The molecule has 0 saturated heterocycles. The summed E-state index contributed by atoms with van der Waals surface area (Å²) in [6.07, 6.45) is 3.59. The monoisotopic (exact) mass is 383 g/mol. The number of carboxylic acids is 1. The number of pyridine rings is 1. The highest BCUT2D eigenvalue weighted by Crippen LogP contribution is 2.31. The van der Waals surface area contributed by atoms with Crippen LogP contribution in [0.15, 0.2) is 18.3 Å². The van der Waals surface area contributed by atoms with Gasteiger partial charge in [0.15, 0.2) is 5.82 Å². The molecule has 0 fully saturated rings. The van der Waals surface area contributed by atoms with Crippen molar-refractivity contribution >= 4 is 5.97 Å². The number of tetrazole rings is 1.